The van der Waals surface area contributed by atoms with E-state index in [2.05, 4.69) is 48.5 Å². The maximum Gasteiger partial charge on any atom is 0.220 e. The lowest BCUT2D eigenvalue weighted by molar-refractivity contribution is -0.122. The van der Waals surface area contributed by atoms with Crippen LogP contribution in [0.25, 0.3) is 0 Å². The van der Waals surface area contributed by atoms with Gasteiger partial charge >= 0.3 is 0 Å². The Balaban J connectivity index is 1.57. The molecule has 0 unspecified atom stereocenters. The van der Waals surface area contributed by atoms with Crippen LogP contribution in [0.1, 0.15) is 68.9 Å². The number of aryl methyl sites for hydroxylation is 1. The second kappa shape index (κ2) is 7.69. The van der Waals surface area contributed by atoms with Crippen molar-refractivity contribution in [2.75, 3.05) is 20.1 Å². The van der Waals surface area contributed by atoms with Gasteiger partial charge in [0.25, 0.3) is 0 Å². The van der Waals surface area contributed by atoms with Crippen molar-refractivity contribution in [1.29, 1.82) is 0 Å². The Morgan fingerprint density at radius 1 is 1.25 bits per heavy atom. The molecule has 0 aromatic heterocycles. The third-order valence-electron chi connectivity index (χ3n) is 6.37. The topological polar surface area (TPSA) is 32.3 Å². The zero-order chi connectivity index (χ0) is 17.0. The summed E-state index contributed by atoms with van der Waals surface area (Å²) in [6.07, 6.45) is 9.22. The van der Waals surface area contributed by atoms with Gasteiger partial charge in [-0.1, -0.05) is 50.5 Å². The molecular weight excluding hydrogens is 296 g/mol. The molecule has 2 aliphatic rings. The normalized spacial score (nSPS) is 22.4. The molecule has 3 nitrogen and oxygen atoms in total. The zero-order valence-corrected chi connectivity index (χ0v) is 15.3. The van der Waals surface area contributed by atoms with E-state index in [-0.39, 0.29) is 11.4 Å². The minimum absolute atomic E-state index is 0.177. The quantitative estimate of drug-likeness (QED) is 0.859. The van der Waals surface area contributed by atoms with Gasteiger partial charge in [-0.25, -0.2) is 0 Å². The number of hydrogen-bond donors (Lipinski definition) is 1. The number of nitrogens with one attached hydrogen (secondary N) is 1. The lowest BCUT2D eigenvalue weighted by atomic mass is 9.80. The standard InChI is InChI=1S/C21H32N2O/c1-3-23(2)21(13-7-4-8-14-21)16-22-20(24)15-18-12-11-17-9-5-6-10-19(17)18/h5-6,9-10,18H,3-4,7-8,11-16H2,1-2H3,(H,22,24)/t18-/m0/s1. The van der Waals surface area contributed by atoms with Crippen molar-refractivity contribution in [2.45, 2.75) is 69.7 Å². The van der Waals surface area contributed by atoms with E-state index in [1.54, 1.807) is 0 Å². The maximum absolute atomic E-state index is 12.6. The molecule has 24 heavy (non-hydrogen) atoms. The van der Waals surface area contributed by atoms with Gasteiger partial charge in [0.1, 0.15) is 0 Å². The summed E-state index contributed by atoms with van der Waals surface area (Å²) in [7, 11) is 2.21. The van der Waals surface area contributed by atoms with Crippen LogP contribution in [0.15, 0.2) is 24.3 Å². The van der Waals surface area contributed by atoms with Gasteiger partial charge in [0.15, 0.2) is 0 Å². The fourth-order valence-electron chi connectivity index (χ4n) is 4.66. The van der Waals surface area contributed by atoms with Crippen LogP contribution in [0.2, 0.25) is 0 Å². The van der Waals surface area contributed by atoms with Gasteiger partial charge in [0.05, 0.1) is 0 Å². The molecule has 1 fully saturated rings. The van der Waals surface area contributed by atoms with Gasteiger partial charge in [-0.2, -0.15) is 0 Å². The molecule has 132 valence electrons. The van der Waals surface area contributed by atoms with Crippen molar-refractivity contribution in [3.63, 3.8) is 0 Å². The molecule has 1 saturated carbocycles. The van der Waals surface area contributed by atoms with Crippen LogP contribution in [0.3, 0.4) is 0 Å². The number of nitrogens with zero attached hydrogens (tertiary/aromatic N) is 1. The summed E-state index contributed by atoms with van der Waals surface area (Å²) in [5.74, 6) is 0.638. The van der Waals surface area contributed by atoms with E-state index < -0.39 is 0 Å². The number of rotatable bonds is 6. The number of fused-ring (bicyclic) bond motifs is 1. The predicted octanol–water partition coefficient (Wildman–Crippen LogP) is 3.88. The lowest BCUT2D eigenvalue weighted by Crippen LogP contribution is -2.55. The average molecular weight is 329 g/mol. The van der Waals surface area contributed by atoms with Crippen molar-refractivity contribution in [3.8, 4) is 0 Å². The van der Waals surface area contributed by atoms with Crippen LogP contribution in [0.4, 0.5) is 0 Å². The number of amides is 1. The third kappa shape index (κ3) is 3.66. The van der Waals surface area contributed by atoms with Gasteiger partial charge in [0.2, 0.25) is 5.91 Å². The summed E-state index contributed by atoms with van der Waals surface area (Å²) in [6, 6.07) is 8.62. The molecule has 0 radical (unpaired) electrons. The van der Waals surface area contributed by atoms with Crippen LogP contribution in [0.5, 0.6) is 0 Å². The van der Waals surface area contributed by atoms with Crippen molar-refractivity contribution in [3.05, 3.63) is 35.4 Å². The average Bonchev–Trinajstić information content (AvgIpc) is 3.03. The first-order chi connectivity index (χ1) is 11.6. The Kier molecular flexibility index (Phi) is 5.60. The SMILES string of the molecule is CCN(C)C1(CNC(=O)C[C@@H]2CCc3ccccc32)CCCCC1. The Hall–Kier alpha value is -1.35. The first kappa shape index (κ1) is 17.5. The highest BCUT2D eigenvalue weighted by atomic mass is 16.1. The van der Waals surface area contributed by atoms with Crippen LogP contribution in [-0.2, 0) is 11.2 Å². The molecule has 0 saturated heterocycles. The summed E-state index contributed by atoms with van der Waals surface area (Å²) in [6.45, 7) is 4.07. The van der Waals surface area contributed by atoms with Gasteiger partial charge < -0.3 is 5.32 Å². The number of carbonyl (C=O) groups excluding carboxylic acids is 1. The summed E-state index contributed by atoms with van der Waals surface area (Å²) in [5.41, 5.74) is 3.01. The molecule has 2 aliphatic carbocycles. The molecule has 3 rings (SSSR count). The van der Waals surface area contributed by atoms with E-state index in [1.165, 1.54) is 43.2 Å². The smallest absolute Gasteiger partial charge is 0.220 e. The lowest BCUT2D eigenvalue weighted by Gasteiger charge is -2.44. The molecule has 1 aromatic carbocycles. The van der Waals surface area contributed by atoms with E-state index in [9.17, 15) is 4.79 Å². The summed E-state index contributed by atoms with van der Waals surface area (Å²) in [5, 5.41) is 3.29. The number of carbonyl (C=O) groups is 1. The first-order valence-electron chi connectivity index (χ1n) is 9.70. The van der Waals surface area contributed by atoms with Crippen LogP contribution in [0, 0.1) is 0 Å². The van der Waals surface area contributed by atoms with E-state index in [1.807, 2.05) is 0 Å². The van der Waals surface area contributed by atoms with Crippen LogP contribution < -0.4 is 5.32 Å². The second-order valence-electron chi connectivity index (χ2n) is 7.71. The van der Waals surface area contributed by atoms with Gasteiger partial charge in [-0.3, -0.25) is 9.69 Å². The van der Waals surface area contributed by atoms with Crippen molar-refractivity contribution in [1.82, 2.24) is 10.2 Å². The molecule has 1 aromatic rings. The minimum atomic E-state index is 0.177. The Labute approximate surface area is 146 Å². The molecular formula is C21H32N2O. The van der Waals surface area contributed by atoms with Crippen molar-refractivity contribution < 1.29 is 4.79 Å². The monoisotopic (exact) mass is 328 g/mol. The van der Waals surface area contributed by atoms with Gasteiger partial charge in [-0.05, 0) is 56.3 Å². The molecule has 0 aliphatic heterocycles. The number of benzene rings is 1. The van der Waals surface area contributed by atoms with Crippen LogP contribution in [-0.4, -0.2) is 36.5 Å². The molecule has 0 spiro atoms. The highest BCUT2D eigenvalue weighted by molar-refractivity contribution is 5.77. The predicted molar refractivity (Wildman–Crippen MR) is 99.3 cm³/mol. The summed E-state index contributed by atoms with van der Waals surface area (Å²) >= 11 is 0. The molecule has 0 bridgehead atoms. The number of likely N-dealkylation sites (N-methyl/N-ethyl adjacent to an activating group) is 1. The third-order valence-corrected chi connectivity index (χ3v) is 6.37. The van der Waals surface area contributed by atoms with E-state index in [0.29, 0.717) is 12.3 Å². The summed E-state index contributed by atoms with van der Waals surface area (Å²) < 4.78 is 0. The van der Waals surface area contributed by atoms with E-state index in [0.717, 1.165) is 25.9 Å². The van der Waals surface area contributed by atoms with E-state index >= 15 is 0 Å². The highest BCUT2D eigenvalue weighted by Crippen LogP contribution is 2.35. The van der Waals surface area contributed by atoms with E-state index in [4.69, 9.17) is 0 Å². The molecule has 3 heteroatoms. The largest absolute Gasteiger partial charge is 0.354 e. The fraction of sp³-hybridized carbons (Fsp3) is 0.667. The Morgan fingerprint density at radius 3 is 2.75 bits per heavy atom. The Bertz CT molecular complexity index is 563. The maximum atomic E-state index is 12.6. The fourth-order valence-corrected chi connectivity index (χ4v) is 4.66. The van der Waals surface area contributed by atoms with Crippen molar-refractivity contribution in [2.24, 2.45) is 0 Å². The minimum Gasteiger partial charge on any atom is -0.354 e. The van der Waals surface area contributed by atoms with Gasteiger partial charge in [-0.15, -0.1) is 0 Å². The summed E-state index contributed by atoms with van der Waals surface area (Å²) in [4.78, 5) is 15.0. The molecule has 1 amide bonds. The number of hydrogen-bond acceptors (Lipinski definition) is 2. The first-order valence-corrected chi connectivity index (χ1v) is 9.70. The molecule has 0 heterocycles. The second-order valence-corrected chi connectivity index (χ2v) is 7.71. The zero-order valence-electron chi connectivity index (χ0n) is 15.3. The van der Waals surface area contributed by atoms with Crippen LogP contribution >= 0.6 is 0 Å². The molecule has 1 N–H and O–H groups in total. The Morgan fingerprint density at radius 2 is 2.00 bits per heavy atom. The molecule has 1 atom stereocenters. The van der Waals surface area contributed by atoms with Gasteiger partial charge in [0, 0.05) is 18.5 Å². The highest BCUT2D eigenvalue weighted by Gasteiger charge is 2.35. The van der Waals surface area contributed by atoms with Crippen molar-refractivity contribution >= 4 is 5.91 Å².